The summed E-state index contributed by atoms with van der Waals surface area (Å²) in [7, 11) is -1.44. The number of aliphatic imine (C=N–C) groups is 2. The molecule has 24 heteroatoms. The summed E-state index contributed by atoms with van der Waals surface area (Å²) >= 11 is 13.8. The topological polar surface area (TPSA) is 214 Å². The summed E-state index contributed by atoms with van der Waals surface area (Å²) in [5, 5.41) is 26.8. The number of aliphatic hydroxyl groups is 1. The molecule has 456 valence electrons. The predicted octanol–water partition coefficient (Wildman–Crippen LogP) is 13.3. The Balaban J connectivity index is 0.000000252. The van der Waals surface area contributed by atoms with Crippen molar-refractivity contribution in [1.29, 1.82) is 0 Å². The number of aliphatic carboxylic acids is 1. The lowest BCUT2D eigenvalue weighted by Gasteiger charge is -2.37. The molecule has 4 aromatic rings. The Hall–Kier alpha value is -5.33. The van der Waals surface area contributed by atoms with E-state index in [2.05, 4.69) is 52.2 Å². The minimum atomic E-state index is -1.44. The van der Waals surface area contributed by atoms with Crippen LogP contribution in [0.15, 0.2) is 83.0 Å². The van der Waals surface area contributed by atoms with Gasteiger partial charge in [-0.15, -0.1) is 0 Å². The molecule has 9 rings (SSSR count). The second kappa shape index (κ2) is 27.2. The van der Waals surface area contributed by atoms with Gasteiger partial charge in [0.15, 0.2) is 10.3 Å². The molecule has 5 aliphatic rings. The van der Waals surface area contributed by atoms with Crippen molar-refractivity contribution in [3.8, 4) is 0 Å². The Morgan fingerprint density at radius 3 is 1.82 bits per heavy atom. The van der Waals surface area contributed by atoms with E-state index in [1.54, 1.807) is 41.5 Å². The molecular formula is C60H76Cl2F4N8O7S2Si. The molecule has 0 bridgehead atoms. The normalized spacial score (nSPS) is 25.4. The number of nitrogens with zero attached hydrogens (tertiary/aromatic N) is 5. The number of hydrogen-bond donors (Lipinski definition) is 5. The van der Waals surface area contributed by atoms with E-state index in [-0.39, 0.29) is 65.3 Å². The number of carbonyl (C=O) groups is 3. The van der Waals surface area contributed by atoms with Crippen LogP contribution in [0.4, 0.5) is 22.4 Å². The molecule has 0 radical (unpaired) electrons. The molecule has 3 fully saturated rings. The Kier molecular flexibility index (Phi) is 21.9. The average molecular weight is 1260 g/mol. The third-order valence-electron chi connectivity index (χ3n) is 14.7. The van der Waals surface area contributed by atoms with Crippen molar-refractivity contribution in [2.75, 3.05) is 26.4 Å². The van der Waals surface area contributed by atoms with E-state index in [1.807, 2.05) is 0 Å². The number of aromatic nitrogens is 2. The van der Waals surface area contributed by atoms with E-state index in [0.29, 0.717) is 47.2 Å². The van der Waals surface area contributed by atoms with E-state index >= 15 is 13.2 Å². The number of carboxylic acids is 1. The van der Waals surface area contributed by atoms with Crippen molar-refractivity contribution >= 4 is 107 Å². The van der Waals surface area contributed by atoms with Crippen LogP contribution in [0, 0.1) is 23.5 Å². The Labute approximate surface area is 509 Å². The van der Waals surface area contributed by atoms with Crippen LogP contribution in [0.3, 0.4) is 0 Å². The van der Waals surface area contributed by atoms with Crippen molar-refractivity contribution in [2.24, 2.45) is 27.6 Å². The Morgan fingerprint density at radius 1 is 0.881 bits per heavy atom. The maximum atomic E-state index is 15.6. The number of thioether (sulfide) groups is 2. The molecule has 5 heterocycles. The van der Waals surface area contributed by atoms with E-state index in [1.165, 1.54) is 115 Å². The van der Waals surface area contributed by atoms with Crippen LogP contribution < -0.4 is 16.4 Å². The molecule has 84 heavy (non-hydrogen) atoms. The molecule has 2 amide bonds. The third kappa shape index (κ3) is 16.4. The molecule has 2 aromatic carbocycles. The lowest BCUT2D eigenvalue weighted by Crippen LogP contribution is -2.47. The van der Waals surface area contributed by atoms with Crippen LogP contribution in [0.5, 0.6) is 0 Å². The number of aliphatic hydroxyl groups excluding tert-OH is 1. The lowest BCUT2D eigenvalue weighted by molar-refractivity contribution is -0.137. The predicted molar refractivity (Wildman–Crippen MR) is 333 cm³/mol. The lowest BCUT2D eigenvalue weighted by atomic mass is 9.84. The number of carboxylic acid groups (broad SMARTS) is 1. The zero-order chi connectivity index (χ0) is 61.0. The van der Waals surface area contributed by atoms with Crippen LogP contribution in [0.25, 0.3) is 23.8 Å². The molecule has 2 aromatic heterocycles. The number of nitrogens with one attached hydrogen (secondary N) is 2. The van der Waals surface area contributed by atoms with Gasteiger partial charge in [-0.05, 0) is 159 Å². The summed E-state index contributed by atoms with van der Waals surface area (Å²) in [6, 6.07) is 15.9. The van der Waals surface area contributed by atoms with Gasteiger partial charge in [0.05, 0.1) is 38.6 Å². The van der Waals surface area contributed by atoms with E-state index < -0.39 is 81.6 Å². The highest BCUT2D eigenvalue weighted by Crippen LogP contribution is 2.67. The Bertz CT molecular complexity index is 3190. The van der Waals surface area contributed by atoms with Crippen molar-refractivity contribution in [1.82, 2.24) is 25.5 Å². The van der Waals surface area contributed by atoms with Crippen molar-refractivity contribution in [2.45, 2.75) is 146 Å². The number of nitrogens with two attached hydrogens (primary N) is 1. The maximum absolute atomic E-state index is 15.6. The van der Waals surface area contributed by atoms with Crippen LogP contribution in [-0.4, -0.2) is 115 Å². The summed E-state index contributed by atoms with van der Waals surface area (Å²) in [6.07, 6.45) is 6.32. The molecule has 2 unspecified atom stereocenters. The van der Waals surface area contributed by atoms with Gasteiger partial charge < -0.3 is 36.1 Å². The van der Waals surface area contributed by atoms with Crippen LogP contribution in [-0.2, 0) is 30.1 Å². The van der Waals surface area contributed by atoms with Crippen LogP contribution in [0.1, 0.15) is 115 Å². The van der Waals surface area contributed by atoms with Gasteiger partial charge in [0.1, 0.15) is 45.1 Å². The molecule has 2 saturated carbocycles. The van der Waals surface area contributed by atoms with Gasteiger partial charge in [0, 0.05) is 62.6 Å². The number of ether oxygens (including phenoxy) is 2. The van der Waals surface area contributed by atoms with E-state index in [4.69, 9.17) is 43.4 Å². The fraction of sp³-hybridized carbons (Fsp3) is 0.483. The van der Waals surface area contributed by atoms with Gasteiger partial charge in [0.25, 0.3) is 0 Å². The second-order valence-electron chi connectivity index (χ2n) is 23.9. The first-order valence-corrected chi connectivity index (χ1v) is 33.3. The molecule has 1 saturated heterocycles. The largest absolute Gasteiger partial charge is 0.480 e. The van der Waals surface area contributed by atoms with Crippen molar-refractivity contribution in [3.63, 3.8) is 0 Å². The SMILES string of the molecule is C.CC(C)(C)OC(=O)N(COCC[Si](C)(C)C)C1=N[C@](C)(c2cc(/C=C(\F)c3ccc(Cl)cn3)ccc2F)[C@@H]2C[C@]2(C(=O)O)S1.CC(O)CCNC(=O)[C@]12C[C@H]1[C@@](C)(c1cc(/C=C(\F)c3ccc(Cl)cn3)ccc1F)N=C(N)S2.CC1CCN1. The molecule has 0 spiro atoms. The summed E-state index contributed by atoms with van der Waals surface area (Å²) in [4.78, 5) is 57.6. The van der Waals surface area contributed by atoms with Gasteiger partial charge in [-0.2, -0.15) is 0 Å². The number of rotatable bonds is 16. The summed E-state index contributed by atoms with van der Waals surface area (Å²) in [6.45, 7) is 20.8. The molecule has 3 aliphatic heterocycles. The quantitative estimate of drug-likeness (QED) is 0.0306. The van der Waals surface area contributed by atoms with Crippen LogP contribution in [0.2, 0.25) is 35.7 Å². The summed E-state index contributed by atoms with van der Waals surface area (Å²) in [5.41, 5.74) is 3.98. The minimum absolute atomic E-state index is 0. The number of amides is 2. The average Bonchev–Trinajstić information content (AvgIpc) is 1.57. The first kappa shape index (κ1) is 67.8. The smallest absolute Gasteiger partial charge is 0.418 e. The molecule has 15 nitrogen and oxygen atoms in total. The summed E-state index contributed by atoms with van der Waals surface area (Å²) < 4.78 is 69.8. The number of halogens is 6. The first-order valence-electron chi connectivity index (χ1n) is 27.2. The van der Waals surface area contributed by atoms with E-state index in [0.717, 1.165) is 23.8 Å². The first-order chi connectivity index (χ1) is 38.8. The van der Waals surface area contributed by atoms with Crippen molar-refractivity contribution in [3.05, 3.63) is 128 Å². The fourth-order valence-corrected chi connectivity index (χ4v) is 13.6. The van der Waals surface area contributed by atoms with Gasteiger partial charge in [-0.25, -0.2) is 27.3 Å². The number of carbonyl (C=O) groups excluding carboxylic acids is 2. The maximum Gasteiger partial charge on any atom is 0.418 e. The summed E-state index contributed by atoms with van der Waals surface area (Å²) in [5.74, 6) is -4.58. The van der Waals surface area contributed by atoms with Gasteiger partial charge in [-0.3, -0.25) is 29.5 Å². The molecule has 8 atom stereocenters. The number of amidine groups is 2. The van der Waals surface area contributed by atoms with Gasteiger partial charge in [-0.1, -0.05) is 85.9 Å². The fourth-order valence-electron chi connectivity index (χ4n) is 9.72. The number of pyridine rings is 2. The highest BCUT2D eigenvalue weighted by atomic mass is 35.5. The molecule has 2 aliphatic carbocycles. The third-order valence-corrected chi connectivity index (χ3v) is 19.7. The van der Waals surface area contributed by atoms with Gasteiger partial charge in [0.2, 0.25) is 5.91 Å². The number of fused-ring (bicyclic) bond motifs is 2. The number of hydrogen-bond acceptors (Lipinski definition) is 14. The van der Waals surface area contributed by atoms with Crippen molar-refractivity contribution < 1.29 is 51.6 Å². The van der Waals surface area contributed by atoms with Gasteiger partial charge >= 0.3 is 12.1 Å². The molecule has 6 N–H and O–H groups in total. The monoisotopic (exact) mass is 1260 g/mol. The zero-order valence-corrected chi connectivity index (χ0v) is 52.2. The van der Waals surface area contributed by atoms with Crippen LogP contribution >= 0.6 is 46.7 Å². The highest BCUT2D eigenvalue weighted by Gasteiger charge is 2.72. The minimum Gasteiger partial charge on any atom is -0.480 e. The zero-order valence-electron chi connectivity index (χ0n) is 48.1. The standard InChI is InChI=1S/C31H38ClF2N3O5SSi.C24H25ClF2N4O2S.C4H9N.CH4/c1-29(2,3)42-28(40)37(18-41-12-13-44(5,6)7)27-36-30(4,25-16-31(25,43-27)26(38)39)21-14-19(8-10-22(21)33)15-23(34)24-11-9-20(32)17-35-24;1-13(32)7-8-29-21(33)24-11-20(24)23(2,31-22(28)34-24)16-9-14(3-5-17(16)26)10-18(27)19-6-4-15(25)12-30-19;1-4-2-3-5-4;/h8-11,14-15,17,25H,12-13,16,18H2,1-7H3,(H,38,39);3-6,9-10,12-13,20,32H,7-8,11H2,1-2H3,(H2,28,31)(H,29,33);4-5H,2-3H2,1H3;1H4/b23-15-;18-10-;;/t25-,30+,31-;13?,20-,23+,24-;;/m00../s1. The Morgan fingerprint density at radius 2 is 1.38 bits per heavy atom. The second-order valence-corrected chi connectivity index (χ2v) is 33.1. The van der Waals surface area contributed by atoms with E-state index in [9.17, 15) is 29.0 Å². The molecular weight excluding hydrogens is 1180 g/mol. The highest BCUT2D eigenvalue weighted by molar-refractivity contribution is 8.16. The number of benzene rings is 2.